The molecule has 0 spiro atoms. The van der Waals surface area contributed by atoms with Crippen molar-refractivity contribution in [1.29, 1.82) is 0 Å². The summed E-state index contributed by atoms with van der Waals surface area (Å²) in [6.07, 6.45) is 3.60. The van der Waals surface area contributed by atoms with Gasteiger partial charge in [-0.25, -0.2) is 4.98 Å². The van der Waals surface area contributed by atoms with Gasteiger partial charge < -0.3 is 4.57 Å². The molecule has 1 aliphatic heterocycles. The molecule has 1 saturated heterocycles. The molecule has 1 aromatic heterocycles. The van der Waals surface area contributed by atoms with Crippen molar-refractivity contribution < 1.29 is 14.4 Å². The summed E-state index contributed by atoms with van der Waals surface area (Å²) in [6, 6.07) is 5.33. The maximum Gasteiger partial charge on any atom is 0.233 e. The SMILES string of the molecule is Cn1c(NC(=O)CCN2C(=O)C3CCCCC3C2=O)nc2cc(Cl)ccc21. The Balaban J connectivity index is 1.41. The standard InChI is InChI=1S/C19H21ClN4O3/c1-23-15-7-6-11(20)10-14(15)21-19(23)22-16(25)8-9-24-17(26)12-4-2-3-5-13(12)18(24)27/h6-7,10,12-13H,2-5,8-9H2,1H3,(H,21,22,25). The molecule has 2 unspecified atom stereocenters. The first-order chi connectivity index (χ1) is 13.0. The summed E-state index contributed by atoms with van der Waals surface area (Å²) in [5, 5.41) is 3.33. The number of fused-ring (bicyclic) bond motifs is 2. The molecule has 1 aliphatic carbocycles. The highest BCUT2D eigenvalue weighted by Gasteiger charge is 2.47. The highest BCUT2D eigenvalue weighted by molar-refractivity contribution is 6.31. The quantitative estimate of drug-likeness (QED) is 0.816. The Bertz CT molecular complexity index is 914. The van der Waals surface area contributed by atoms with Crippen LogP contribution in [0.3, 0.4) is 0 Å². The summed E-state index contributed by atoms with van der Waals surface area (Å²) >= 11 is 5.98. The van der Waals surface area contributed by atoms with Crippen LogP contribution in [0.25, 0.3) is 11.0 Å². The predicted molar refractivity (Wildman–Crippen MR) is 101 cm³/mol. The van der Waals surface area contributed by atoms with Gasteiger partial charge in [0.05, 0.1) is 22.9 Å². The summed E-state index contributed by atoms with van der Waals surface area (Å²) in [5.41, 5.74) is 1.54. The van der Waals surface area contributed by atoms with Crippen molar-refractivity contribution in [3.8, 4) is 0 Å². The van der Waals surface area contributed by atoms with E-state index in [1.807, 2.05) is 6.07 Å². The highest BCUT2D eigenvalue weighted by atomic mass is 35.5. The molecule has 3 amide bonds. The van der Waals surface area contributed by atoms with E-state index in [0.717, 1.165) is 31.2 Å². The smallest absolute Gasteiger partial charge is 0.233 e. The van der Waals surface area contributed by atoms with Crippen molar-refractivity contribution in [3.05, 3.63) is 23.2 Å². The number of rotatable bonds is 4. The number of nitrogens with zero attached hydrogens (tertiary/aromatic N) is 3. The van der Waals surface area contributed by atoms with Crippen molar-refractivity contribution in [2.45, 2.75) is 32.1 Å². The number of nitrogens with one attached hydrogen (secondary N) is 1. The topological polar surface area (TPSA) is 84.3 Å². The Morgan fingerprint density at radius 1 is 1.22 bits per heavy atom. The highest BCUT2D eigenvalue weighted by Crippen LogP contribution is 2.38. The molecule has 1 aromatic carbocycles. The number of benzene rings is 1. The molecule has 27 heavy (non-hydrogen) atoms. The Labute approximate surface area is 161 Å². The first-order valence-corrected chi connectivity index (χ1v) is 9.60. The maximum atomic E-state index is 12.5. The van der Waals surface area contributed by atoms with Crippen LogP contribution in [0.15, 0.2) is 18.2 Å². The zero-order chi connectivity index (χ0) is 19.1. The number of anilines is 1. The predicted octanol–water partition coefficient (Wildman–Crippen LogP) is 2.73. The minimum Gasteiger partial charge on any atom is -0.313 e. The van der Waals surface area contributed by atoms with Gasteiger partial charge in [-0.15, -0.1) is 0 Å². The second-order valence-electron chi connectivity index (χ2n) is 7.25. The molecular weight excluding hydrogens is 368 g/mol. The molecule has 0 radical (unpaired) electrons. The van der Waals surface area contributed by atoms with Gasteiger partial charge in [-0.2, -0.15) is 0 Å². The minimum absolute atomic E-state index is 0.0564. The number of hydrogen-bond acceptors (Lipinski definition) is 4. The van der Waals surface area contributed by atoms with Crippen LogP contribution < -0.4 is 5.32 Å². The fraction of sp³-hybridized carbons (Fsp3) is 0.474. The number of carbonyl (C=O) groups excluding carboxylic acids is 3. The number of likely N-dealkylation sites (tertiary alicyclic amines) is 1. The molecule has 1 N–H and O–H groups in total. The number of halogens is 1. The third-order valence-electron chi connectivity index (χ3n) is 5.59. The van der Waals surface area contributed by atoms with Gasteiger partial charge in [0.25, 0.3) is 0 Å². The lowest BCUT2D eigenvalue weighted by molar-refractivity contribution is -0.140. The Morgan fingerprint density at radius 3 is 2.56 bits per heavy atom. The average Bonchev–Trinajstić information content (AvgIpc) is 3.08. The number of aromatic nitrogens is 2. The van der Waals surface area contributed by atoms with Crippen LogP contribution >= 0.6 is 11.6 Å². The zero-order valence-electron chi connectivity index (χ0n) is 15.1. The third kappa shape index (κ3) is 3.20. The molecule has 2 aromatic rings. The average molecular weight is 389 g/mol. The monoisotopic (exact) mass is 388 g/mol. The van der Waals surface area contributed by atoms with E-state index in [4.69, 9.17) is 11.6 Å². The number of carbonyl (C=O) groups is 3. The van der Waals surface area contributed by atoms with Gasteiger partial charge in [-0.05, 0) is 31.0 Å². The summed E-state index contributed by atoms with van der Waals surface area (Å²) < 4.78 is 1.77. The molecule has 0 bridgehead atoms. The molecule has 2 fully saturated rings. The fourth-order valence-corrected chi connectivity index (χ4v) is 4.30. The summed E-state index contributed by atoms with van der Waals surface area (Å²) in [4.78, 5) is 42.9. The lowest BCUT2D eigenvalue weighted by Crippen LogP contribution is -2.34. The lowest BCUT2D eigenvalue weighted by atomic mass is 9.81. The van der Waals surface area contributed by atoms with Crippen LogP contribution in [0, 0.1) is 11.8 Å². The molecule has 2 aliphatic rings. The first kappa shape index (κ1) is 18.0. The molecule has 2 atom stereocenters. The molecule has 7 nitrogen and oxygen atoms in total. The van der Waals surface area contributed by atoms with Gasteiger partial charge in [0.2, 0.25) is 23.7 Å². The number of aryl methyl sites for hydroxylation is 1. The molecule has 142 valence electrons. The van der Waals surface area contributed by atoms with Gasteiger partial charge in [-0.3, -0.25) is 24.6 Å². The molecule has 8 heteroatoms. The molecule has 2 heterocycles. The van der Waals surface area contributed by atoms with Crippen molar-refractivity contribution in [1.82, 2.24) is 14.5 Å². The van der Waals surface area contributed by atoms with Crippen LogP contribution in [0.4, 0.5) is 5.95 Å². The number of amides is 3. The summed E-state index contributed by atoms with van der Waals surface area (Å²) in [5.74, 6) is -0.470. The molecular formula is C19H21ClN4O3. The van der Waals surface area contributed by atoms with Crippen molar-refractivity contribution in [2.24, 2.45) is 18.9 Å². The Morgan fingerprint density at radius 2 is 1.89 bits per heavy atom. The van der Waals surface area contributed by atoms with Gasteiger partial charge in [0.15, 0.2) is 0 Å². The van der Waals surface area contributed by atoms with Gasteiger partial charge in [-0.1, -0.05) is 24.4 Å². The van der Waals surface area contributed by atoms with E-state index in [1.165, 1.54) is 4.90 Å². The Hall–Kier alpha value is -2.41. The second kappa shape index (κ2) is 6.96. The summed E-state index contributed by atoms with van der Waals surface area (Å²) in [7, 11) is 1.80. The van der Waals surface area contributed by atoms with Gasteiger partial charge >= 0.3 is 0 Å². The van der Waals surface area contributed by atoms with Crippen molar-refractivity contribution in [3.63, 3.8) is 0 Å². The van der Waals surface area contributed by atoms with E-state index in [1.54, 1.807) is 23.7 Å². The molecule has 4 rings (SSSR count). The number of imide groups is 1. The number of imidazole rings is 1. The summed E-state index contributed by atoms with van der Waals surface area (Å²) in [6.45, 7) is 0.117. The van der Waals surface area contributed by atoms with Crippen LogP contribution in [-0.2, 0) is 21.4 Å². The second-order valence-corrected chi connectivity index (χ2v) is 7.69. The van der Waals surface area contributed by atoms with E-state index in [-0.39, 0.29) is 42.5 Å². The first-order valence-electron chi connectivity index (χ1n) is 9.23. The largest absolute Gasteiger partial charge is 0.313 e. The van der Waals surface area contributed by atoms with E-state index in [9.17, 15) is 14.4 Å². The van der Waals surface area contributed by atoms with Crippen molar-refractivity contribution >= 4 is 46.3 Å². The van der Waals surface area contributed by atoms with Crippen LogP contribution in [-0.4, -0.2) is 38.7 Å². The third-order valence-corrected chi connectivity index (χ3v) is 5.82. The van der Waals surface area contributed by atoms with E-state index in [0.29, 0.717) is 16.5 Å². The fourth-order valence-electron chi connectivity index (χ4n) is 4.14. The van der Waals surface area contributed by atoms with E-state index in [2.05, 4.69) is 10.3 Å². The van der Waals surface area contributed by atoms with Crippen LogP contribution in [0.5, 0.6) is 0 Å². The molecule has 1 saturated carbocycles. The van der Waals surface area contributed by atoms with E-state index < -0.39 is 0 Å². The Kier molecular flexibility index (Phi) is 4.63. The minimum atomic E-state index is -0.282. The normalized spacial score (nSPS) is 22.4. The van der Waals surface area contributed by atoms with Crippen LogP contribution in [0.1, 0.15) is 32.1 Å². The van der Waals surface area contributed by atoms with Crippen LogP contribution in [0.2, 0.25) is 5.02 Å². The van der Waals surface area contributed by atoms with E-state index >= 15 is 0 Å². The zero-order valence-corrected chi connectivity index (χ0v) is 15.8. The van der Waals surface area contributed by atoms with Gasteiger partial charge in [0, 0.05) is 25.0 Å². The van der Waals surface area contributed by atoms with Crippen molar-refractivity contribution in [2.75, 3.05) is 11.9 Å². The van der Waals surface area contributed by atoms with Gasteiger partial charge in [0.1, 0.15) is 0 Å². The maximum absolute atomic E-state index is 12.5. The lowest BCUT2D eigenvalue weighted by Gasteiger charge is -2.19. The number of hydrogen-bond donors (Lipinski definition) is 1.